The first kappa shape index (κ1) is 24.1. The minimum atomic E-state index is -5.08. The van der Waals surface area contributed by atoms with E-state index < -0.39 is 45.1 Å². The van der Waals surface area contributed by atoms with Crippen molar-refractivity contribution in [2.24, 2.45) is 5.73 Å². The Labute approximate surface area is 160 Å². The van der Waals surface area contributed by atoms with Gasteiger partial charge in [0, 0.05) is 12.4 Å². The zero-order chi connectivity index (χ0) is 22.5. The number of rotatable bonds is 3. The van der Waals surface area contributed by atoms with Crippen LogP contribution in [0.15, 0.2) is 48.1 Å². The first-order valence-electron chi connectivity index (χ1n) is 7.25. The highest BCUT2D eigenvalue weighted by Gasteiger charge is 2.39. The Morgan fingerprint density at radius 3 is 2.10 bits per heavy atom. The molecule has 0 bridgehead atoms. The second-order valence-electron chi connectivity index (χ2n) is 5.22. The van der Waals surface area contributed by atoms with E-state index in [1.54, 1.807) is 18.3 Å². The normalized spacial score (nSPS) is 12.4. The quantitative estimate of drug-likeness (QED) is 0.556. The third-order valence-electron chi connectivity index (χ3n) is 3.03. The van der Waals surface area contributed by atoms with Crippen molar-refractivity contribution in [3.63, 3.8) is 0 Å². The van der Waals surface area contributed by atoms with Crippen LogP contribution in [0.2, 0.25) is 0 Å². The third kappa shape index (κ3) is 8.31. The van der Waals surface area contributed by atoms with Gasteiger partial charge in [-0.3, -0.25) is 14.3 Å². The summed E-state index contributed by atoms with van der Waals surface area (Å²) >= 11 is 0. The zero-order valence-electron chi connectivity index (χ0n) is 14.1. The monoisotopic (exact) mass is 442 g/mol. The van der Waals surface area contributed by atoms with Gasteiger partial charge in [0.15, 0.2) is 0 Å². The molecule has 0 radical (unpaired) electrons. The molecule has 0 aliphatic rings. The smallest absolute Gasteiger partial charge is 0.366 e. The van der Waals surface area contributed by atoms with E-state index in [0.717, 1.165) is 0 Å². The maximum Gasteiger partial charge on any atom is 0.417 e. The number of pyridine rings is 1. The van der Waals surface area contributed by atoms with Gasteiger partial charge in [0.2, 0.25) is 5.91 Å². The first-order valence-corrected chi connectivity index (χ1v) is 8.75. The number of nitrogens with zero attached hydrogens (tertiary/aromatic N) is 1. The van der Waals surface area contributed by atoms with Crippen LogP contribution in [0.25, 0.3) is 6.08 Å². The van der Waals surface area contributed by atoms with E-state index in [4.69, 9.17) is 4.55 Å². The average Bonchev–Trinajstić information content (AvgIpc) is 2.59. The molecule has 0 saturated heterocycles. The Kier molecular flexibility index (Phi) is 7.52. The van der Waals surface area contributed by atoms with Crippen LogP contribution in [0.4, 0.5) is 26.3 Å². The maximum absolute atomic E-state index is 12.4. The molecule has 0 atom stereocenters. The third-order valence-corrected chi connectivity index (χ3v) is 3.51. The summed E-state index contributed by atoms with van der Waals surface area (Å²) in [5, 5.41) is 0.712. The minimum absolute atomic E-state index is 0.139. The molecule has 0 spiro atoms. The highest BCUT2D eigenvalue weighted by molar-refractivity contribution is 7.88. The Morgan fingerprint density at radius 1 is 1.07 bits per heavy atom. The molecule has 13 heteroatoms. The van der Waals surface area contributed by atoms with Crippen molar-refractivity contribution in [2.45, 2.75) is 12.4 Å². The number of amides is 1. The molecule has 29 heavy (non-hydrogen) atoms. The summed E-state index contributed by atoms with van der Waals surface area (Å²) in [6, 6.07) is 3.99. The van der Waals surface area contributed by atoms with Gasteiger partial charge < -0.3 is 5.73 Å². The lowest BCUT2D eigenvalue weighted by molar-refractivity contribution is -0.143. The van der Waals surface area contributed by atoms with E-state index in [-0.39, 0.29) is 6.07 Å². The number of carbonyl (C=O) groups excluding carboxylic acids is 1. The highest BCUT2D eigenvalue weighted by Crippen LogP contribution is 2.37. The summed E-state index contributed by atoms with van der Waals surface area (Å²) in [5.41, 5.74) is 1.09. The molecule has 3 N–H and O–H groups in total. The lowest BCUT2D eigenvalue weighted by atomic mass is 10.0. The van der Waals surface area contributed by atoms with Crippen LogP contribution in [-0.2, 0) is 22.5 Å². The fourth-order valence-electron chi connectivity index (χ4n) is 1.81. The molecule has 1 aromatic carbocycles. The second-order valence-corrected chi connectivity index (χ2v) is 6.53. The Morgan fingerprint density at radius 2 is 1.69 bits per heavy atom. The largest absolute Gasteiger partial charge is 0.417 e. The number of alkyl halides is 6. The van der Waals surface area contributed by atoms with Gasteiger partial charge >= 0.3 is 12.4 Å². The van der Waals surface area contributed by atoms with E-state index in [2.05, 4.69) is 10.7 Å². The van der Waals surface area contributed by atoms with Gasteiger partial charge in [-0.1, -0.05) is 6.07 Å². The molecular formula is C16H12F6N2O4S. The van der Waals surface area contributed by atoms with Crippen molar-refractivity contribution < 1.29 is 44.1 Å². The van der Waals surface area contributed by atoms with Crippen molar-refractivity contribution in [1.29, 1.82) is 0 Å². The summed E-state index contributed by atoms with van der Waals surface area (Å²) in [6.07, 6.45) is -5.67. The van der Waals surface area contributed by atoms with Gasteiger partial charge in [-0.25, -0.2) is 0 Å². The topological polar surface area (TPSA) is 110 Å². The highest BCUT2D eigenvalue weighted by atomic mass is 32.2. The lowest BCUT2D eigenvalue weighted by Crippen LogP contribution is -2.20. The lowest BCUT2D eigenvalue weighted by Gasteiger charge is -2.14. The van der Waals surface area contributed by atoms with Crippen molar-refractivity contribution in [1.82, 2.24) is 4.98 Å². The molecule has 1 aromatic heterocycles. The van der Waals surface area contributed by atoms with E-state index in [0.29, 0.717) is 23.1 Å². The molecule has 1 amide bonds. The standard InChI is InChI=1S/C9H5F6NO.C7H7NO3S/c10-8(11,12)4-1-2-5(7(16)17)6(3-4)9(13,14)15;9-12(10,11)5-3-7-2-1-4-8-6-7/h1-3H,(H2,16,17);1-6H,(H,9,10,11)/b;5-3+. The first-order chi connectivity index (χ1) is 13.1. The Bertz CT molecular complexity index is 987. The summed E-state index contributed by atoms with van der Waals surface area (Å²) in [7, 11) is -4.03. The summed E-state index contributed by atoms with van der Waals surface area (Å²) in [4.78, 5) is 14.4. The van der Waals surface area contributed by atoms with Crippen LogP contribution >= 0.6 is 0 Å². The second kappa shape index (κ2) is 9.05. The molecule has 0 aliphatic carbocycles. The number of nitrogens with two attached hydrogens (primary N) is 1. The number of halogens is 6. The predicted molar refractivity (Wildman–Crippen MR) is 89.8 cm³/mol. The maximum atomic E-state index is 12.4. The summed E-state index contributed by atoms with van der Waals surface area (Å²) in [6.45, 7) is 0. The summed E-state index contributed by atoms with van der Waals surface area (Å²) in [5.74, 6) is -1.44. The van der Waals surface area contributed by atoms with Crippen LogP contribution in [0, 0.1) is 0 Å². The molecule has 2 rings (SSSR count). The number of primary amides is 1. The van der Waals surface area contributed by atoms with Crippen molar-refractivity contribution >= 4 is 22.1 Å². The Balaban J connectivity index is 0.000000308. The number of hydrogen-bond acceptors (Lipinski definition) is 4. The molecule has 158 valence electrons. The average molecular weight is 442 g/mol. The van der Waals surface area contributed by atoms with Crippen molar-refractivity contribution in [2.75, 3.05) is 0 Å². The molecule has 1 heterocycles. The van der Waals surface area contributed by atoms with Gasteiger partial charge in [0.1, 0.15) is 0 Å². The van der Waals surface area contributed by atoms with Gasteiger partial charge in [0.05, 0.1) is 22.1 Å². The number of hydrogen-bond donors (Lipinski definition) is 2. The van der Waals surface area contributed by atoms with Crippen LogP contribution in [-0.4, -0.2) is 23.9 Å². The fourth-order valence-corrected chi connectivity index (χ4v) is 2.14. The van der Waals surface area contributed by atoms with Crippen LogP contribution in [0.3, 0.4) is 0 Å². The number of benzene rings is 1. The van der Waals surface area contributed by atoms with Crippen molar-refractivity contribution in [3.05, 3.63) is 70.4 Å². The van der Waals surface area contributed by atoms with Crippen LogP contribution in [0.1, 0.15) is 27.0 Å². The molecule has 0 saturated carbocycles. The van der Waals surface area contributed by atoms with E-state index in [1.165, 1.54) is 12.3 Å². The van der Waals surface area contributed by atoms with Gasteiger partial charge in [0.25, 0.3) is 10.1 Å². The van der Waals surface area contributed by atoms with Crippen molar-refractivity contribution in [3.8, 4) is 0 Å². The molecule has 0 unspecified atom stereocenters. The molecule has 0 fully saturated rings. The van der Waals surface area contributed by atoms with Crippen LogP contribution < -0.4 is 5.73 Å². The SMILES string of the molecule is NC(=O)c1ccc(C(F)(F)F)cc1C(F)(F)F.O=S(=O)(O)/C=C/c1cccnc1. The molecule has 0 aliphatic heterocycles. The molecular weight excluding hydrogens is 430 g/mol. The van der Waals surface area contributed by atoms with Gasteiger partial charge in [-0.2, -0.15) is 34.8 Å². The van der Waals surface area contributed by atoms with Crippen LogP contribution in [0.5, 0.6) is 0 Å². The molecule has 2 aromatic rings. The van der Waals surface area contributed by atoms with E-state index in [9.17, 15) is 39.6 Å². The minimum Gasteiger partial charge on any atom is -0.366 e. The van der Waals surface area contributed by atoms with E-state index in [1.807, 2.05) is 0 Å². The Hall–Kier alpha value is -2.93. The van der Waals surface area contributed by atoms with Gasteiger partial charge in [-0.15, -0.1) is 0 Å². The zero-order valence-corrected chi connectivity index (χ0v) is 14.9. The summed E-state index contributed by atoms with van der Waals surface area (Å²) < 4.78 is 103. The fraction of sp³-hybridized carbons (Fsp3) is 0.125. The van der Waals surface area contributed by atoms with E-state index >= 15 is 0 Å². The number of carbonyl (C=O) groups is 1. The molecule has 6 nitrogen and oxygen atoms in total. The number of aromatic nitrogens is 1. The van der Waals surface area contributed by atoms with Gasteiger partial charge in [-0.05, 0) is 35.9 Å². The predicted octanol–water partition coefficient (Wildman–Crippen LogP) is 3.76.